The Kier molecular flexibility index (Phi) is 5.62. The number of halogens is 3. The molecule has 37 heavy (non-hydrogen) atoms. The van der Waals surface area contributed by atoms with E-state index in [2.05, 4.69) is 5.32 Å². The van der Waals surface area contributed by atoms with Crippen molar-refractivity contribution in [1.29, 1.82) is 0 Å². The summed E-state index contributed by atoms with van der Waals surface area (Å²) in [5.74, 6) is -2.87. The standard InChI is InChI=1S/C28H26F3N3O3/c29-28(30,31)17-8-6-9-18(15-17)32-25(35)24-22-21(23-20-12-5-4-7-16(20)13-14-33(23)24)26(36)34(27(22)37)19-10-2-1-3-11-19/h4-9,12-15,19,21-24H,1-3,10-11H2,(H,32,35)/t21-,22+,23?,24-/m0/s1. The number of fused-ring (bicyclic) bond motifs is 5. The van der Waals surface area contributed by atoms with Gasteiger partial charge in [-0.25, -0.2) is 0 Å². The van der Waals surface area contributed by atoms with Crippen LogP contribution in [0.3, 0.4) is 0 Å². The summed E-state index contributed by atoms with van der Waals surface area (Å²) in [6.45, 7) is 0. The number of nitrogens with one attached hydrogen (secondary N) is 1. The fourth-order valence-corrected chi connectivity index (χ4v) is 6.57. The third-order valence-corrected chi connectivity index (χ3v) is 8.16. The van der Waals surface area contributed by atoms with Crippen LogP contribution >= 0.6 is 0 Å². The second-order valence-electron chi connectivity index (χ2n) is 10.2. The van der Waals surface area contributed by atoms with Crippen LogP contribution in [0.4, 0.5) is 18.9 Å². The van der Waals surface area contributed by atoms with Gasteiger partial charge in [-0.2, -0.15) is 13.2 Å². The van der Waals surface area contributed by atoms with Crippen LogP contribution in [-0.4, -0.2) is 39.6 Å². The number of hydrogen-bond donors (Lipinski definition) is 1. The first kappa shape index (κ1) is 23.8. The average molecular weight is 510 g/mol. The van der Waals surface area contributed by atoms with Crippen LogP contribution in [0.2, 0.25) is 0 Å². The van der Waals surface area contributed by atoms with E-state index in [1.807, 2.05) is 30.3 Å². The molecule has 1 N–H and O–H groups in total. The molecule has 3 heterocycles. The summed E-state index contributed by atoms with van der Waals surface area (Å²) >= 11 is 0. The molecule has 2 aromatic carbocycles. The Hall–Kier alpha value is -3.62. The Morgan fingerprint density at radius 2 is 1.65 bits per heavy atom. The molecular formula is C28H26F3N3O3. The molecule has 1 saturated carbocycles. The van der Waals surface area contributed by atoms with Crippen LogP contribution in [0.25, 0.3) is 6.08 Å². The van der Waals surface area contributed by atoms with Crippen LogP contribution in [-0.2, 0) is 20.6 Å². The second-order valence-corrected chi connectivity index (χ2v) is 10.2. The van der Waals surface area contributed by atoms with E-state index < -0.39 is 41.6 Å². The highest BCUT2D eigenvalue weighted by Gasteiger charge is 2.65. The van der Waals surface area contributed by atoms with Crippen molar-refractivity contribution in [3.63, 3.8) is 0 Å². The SMILES string of the molecule is O=C(Nc1cccc(C(F)(F)F)c1)[C@@H]1[C@@H]2C(=O)N(C3CCCCC3)C(=O)[C@@H]2C2c3ccccc3C=CN21. The number of carbonyl (C=O) groups excluding carboxylic acids is 3. The Morgan fingerprint density at radius 1 is 0.919 bits per heavy atom. The number of benzene rings is 2. The summed E-state index contributed by atoms with van der Waals surface area (Å²) in [5, 5.41) is 2.60. The summed E-state index contributed by atoms with van der Waals surface area (Å²) < 4.78 is 39.7. The second kappa shape index (κ2) is 8.75. The molecule has 192 valence electrons. The normalized spacial score (nSPS) is 27.2. The van der Waals surface area contributed by atoms with Crippen LogP contribution in [0.5, 0.6) is 0 Å². The largest absolute Gasteiger partial charge is 0.416 e. The van der Waals surface area contributed by atoms with Gasteiger partial charge in [-0.1, -0.05) is 49.6 Å². The highest BCUT2D eigenvalue weighted by Crippen LogP contribution is 2.53. The van der Waals surface area contributed by atoms with E-state index in [9.17, 15) is 27.6 Å². The molecule has 3 amide bonds. The first-order valence-corrected chi connectivity index (χ1v) is 12.7. The van der Waals surface area contributed by atoms with E-state index in [-0.39, 0.29) is 23.5 Å². The maximum Gasteiger partial charge on any atom is 0.416 e. The quantitative estimate of drug-likeness (QED) is 0.592. The summed E-state index contributed by atoms with van der Waals surface area (Å²) in [6.07, 6.45) is 3.47. The minimum atomic E-state index is -4.56. The number of alkyl halides is 3. The molecule has 9 heteroatoms. The first-order chi connectivity index (χ1) is 17.8. The van der Waals surface area contributed by atoms with Gasteiger partial charge >= 0.3 is 6.18 Å². The molecule has 0 spiro atoms. The van der Waals surface area contributed by atoms with Gasteiger partial charge in [0.2, 0.25) is 17.7 Å². The van der Waals surface area contributed by atoms with Crippen molar-refractivity contribution >= 4 is 29.5 Å². The van der Waals surface area contributed by atoms with Gasteiger partial charge in [0.15, 0.2) is 0 Å². The van der Waals surface area contributed by atoms with Gasteiger partial charge in [0.05, 0.1) is 23.4 Å². The maximum atomic E-state index is 13.8. The number of imide groups is 1. The lowest BCUT2D eigenvalue weighted by molar-refractivity contribution is -0.146. The third-order valence-electron chi connectivity index (χ3n) is 8.16. The molecule has 1 unspecified atom stereocenters. The van der Waals surface area contributed by atoms with E-state index in [1.165, 1.54) is 17.0 Å². The van der Waals surface area contributed by atoms with Gasteiger partial charge in [0.25, 0.3) is 0 Å². The number of hydrogen-bond acceptors (Lipinski definition) is 4. The molecule has 0 bridgehead atoms. The summed E-state index contributed by atoms with van der Waals surface area (Å²) in [7, 11) is 0. The molecule has 6 nitrogen and oxygen atoms in total. The van der Waals surface area contributed by atoms with Crippen LogP contribution in [0, 0.1) is 11.8 Å². The van der Waals surface area contributed by atoms with Crippen LogP contribution in [0.15, 0.2) is 54.7 Å². The lowest BCUT2D eigenvalue weighted by Gasteiger charge is -2.37. The Bertz CT molecular complexity index is 1300. The molecule has 0 radical (unpaired) electrons. The van der Waals surface area contributed by atoms with Gasteiger partial charge in [-0.3, -0.25) is 19.3 Å². The van der Waals surface area contributed by atoms with Crippen molar-refractivity contribution < 1.29 is 27.6 Å². The molecule has 4 atom stereocenters. The van der Waals surface area contributed by atoms with Gasteiger partial charge in [0.1, 0.15) is 6.04 Å². The fraction of sp³-hybridized carbons (Fsp3) is 0.393. The minimum Gasteiger partial charge on any atom is -0.357 e. The molecule has 4 aliphatic rings. The molecule has 3 aliphatic heterocycles. The molecule has 0 aromatic heterocycles. The van der Waals surface area contributed by atoms with Crippen molar-refractivity contribution in [2.24, 2.45) is 11.8 Å². The third kappa shape index (κ3) is 3.83. The van der Waals surface area contributed by atoms with Gasteiger partial charge in [-0.05, 0) is 48.2 Å². The van der Waals surface area contributed by atoms with Crippen molar-refractivity contribution in [1.82, 2.24) is 9.80 Å². The topological polar surface area (TPSA) is 69.7 Å². The summed E-state index contributed by atoms with van der Waals surface area (Å²) in [4.78, 5) is 44.5. The van der Waals surface area contributed by atoms with Crippen LogP contribution in [0.1, 0.15) is 54.8 Å². The zero-order chi connectivity index (χ0) is 25.9. The highest BCUT2D eigenvalue weighted by atomic mass is 19.4. The molecule has 3 fully saturated rings. The predicted octanol–water partition coefficient (Wildman–Crippen LogP) is 4.99. The van der Waals surface area contributed by atoms with Crippen molar-refractivity contribution in [3.8, 4) is 0 Å². The highest BCUT2D eigenvalue weighted by molar-refractivity contribution is 6.11. The van der Waals surface area contributed by atoms with Gasteiger partial charge < -0.3 is 10.2 Å². The zero-order valence-corrected chi connectivity index (χ0v) is 19.9. The lowest BCUT2D eigenvalue weighted by atomic mass is 9.84. The molecule has 1 aliphatic carbocycles. The minimum absolute atomic E-state index is 0.0119. The van der Waals surface area contributed by atoms with E-state index >= 15 is 0 Å². The number of nitrogens with zero attached hydrogens (tertiary/aromatic N) is 2. The number of carbonyl (C=O) groups is 3. The molecule has 2 saturated heterocycles. The van der Waals surface area contributed by atoms with Crippen molar-refractivity contribution in [2.45, 2.75) is 56.4 Å². The van der Waals surface area contributed by atoms with E-state index in [1.54, 1.807) is 11.1 Å². The van der Waals surface area contributed by atoms with Gasteiger partial charge in [0, 0.05) is 17.9 Å². The monoisotopic (exact) mass is 509 g/mol. The summed E-state index contributed by atoms with van der Waals surface area (Å²) in [5.41, 5.74) is 0.885. The first-order valence-electron chi connectivity index (χ1n) is 12.7. The molecule has 2 aromatic rings. The van der Waals surface area contributed by atoms with Crippen molar-refractivity contribution in [2.75, 3.05) is 5.32 Å². The van der Waals surface area contributed by atoms with E-state index in [0.29, 0.717) is 0 Å². The number of rotatable bonds is 3. The number of anilines is 1. The van der Waals surface area contributed by atoms with E-state index in [0.717, 1.165) is 55.4 Å². The van der Waals surface area contributed by atoms with E-state index in [4.69, 9.17) is 0 Å². The predicted molar refractivity (Wildman–Crippen MR) is 130 cm³/mol. The molecule has 6 rings (SSSR count). The Labute approximate surface area is 212 Å². The zero-order valence-electron chi connectivity index (χ0n) is 19.9. The van der Waals surface area contributed by atoms with Crippen molar-refractivity contribution in [3.05, 3.63) is 71.4 Å². The number of amides is 3. The molecular weight excluding hydrogens is 483 g/mol. The summed E-state index contributed by atoms with van der Waals surface area (Å²) in [6, 6.07) is 10.3. The maximum absolute atomic E-state index is 13.8. The Balaban J connectivity index is 1.38. The lowest BCUT2D eigenvalue weighted by Crippen LogP contribution is -2.49. The Morgan fingerprint density at radius 3 is 2.41 bits per heavy atom. The number of likely N-dealkylation sites (tertiary alicyclic amines) is 1. The smallest absolute Gasteiger partial charge is 0.357 e. The van der Waals surface area contributed by atoms with Gasteiger partial charge in [-0.15, -0.1) is 0 Å². The fourth-order valence-electron chi connectivity index (χ4n) is 6.57. The van der Waals surface area contributed by atoms with Crippen LogP contribution < -0.4 is 5.32 Å². The average Bonchev–Trinajstić information content (AvgIpc) is 3.36.